The Kier molecular flexibility index (Phi) is 42.8. The van der Waals surface area contributed by atoms with E-state index in [1.165, 1.54) is 212 Å². The molecule has 0 fully saturated rings. The minimum Gasteiger partial charge on any atom is -0.394 e. The van der Waals surface area contributed by atoms with Gasteiger partial charge in [-0.2, -0.15) is 0 Å². The van der Waals surface area contributed by atoms with Crippen LogP contribution in [0.5, 0.6) is 0 Å². The maximum atomic E-state index is 12.4. The summed E-state index contributed by atoms with van der Waals surface area (Å²) in [6, 6.07) is -0.533. The molecular formula is C47H93NO3. The smallest absolute Gasteiger partial charge is 0.220 e. The third kappa shape index (κ3) is 40.2. The first-order valence-electron chi connectivity index (χ1n) is 23.4. The zero-order chi connectivity index (χ0) is 37.1. The quantitative estimate of drug-likeness (QED) is 0.0434. The van der Waals surface area contributed by atoms with Gasteiger partial charge in [0.15, 0.2) is 0 Å². The number of allylic oxidation sites excluding steroid dienone is 2. The van der Waals surface area contributed by atoms with E-state index in [9.17, 15) is 15.0 Å². The molecule has 1 amide bonds. The molecule has 4 nitrogen and oxygen atoms in total. The summed E-state index contributed by atoms with van der Waals surface area (Å²) in [7, 11) is 0. The fraction of sp³-hybridized carbons (Fsp3) is 0.936. The number of rotatable bonds is 43. The Balaban J connectivity index is 3.46. The molecule has 0 aromatic rings. The van der Waals surface area contributed by atoms with Crippen LogP contribution >= 0.6 is 0 Å². The number of hydrogen-bond acceptors (Lipinski definition) is 3. The molecule has 0 heterocycles. The normalized spacial score (nSPS) is 12.9. The molecule has 4 heteroatoms. The molecule has 0 rings (SSSR count). The van der Waals surface area contributed by atoms with Crippen LogP contribution in [0.2, 0.25) is 0 Å². The van der Waals surface area contributed by atoms with Crippen LogP contribution in [0.4, 0.5) is 0 Å². The number of nitrogens with one attached hydrogen (secondary N) is 1. The molecule has 2 atom stereocenters. The molecule has 51 heavy (non-hydrogen) atoms. The molecule has 0 aliphatic carbocycles. The molecule has 3 N–H and O–H groups in total. The summed E-state index contributed by atoms with van der Waals surface area (Å²) >= 11 is 0. The molecule has 0 aliphatic rings. The van der Waals surface area contributed by atoms with Crippen LogP contribution in [-0.4, -0.2) is 34.9 Å². The summed E-state index contributed by atoms with van der Waals surface area (Å²) in [5.74, 6) is -0.0304. The highest BCUT2D eigenvalue weighted by Gasteiger charge is 2.20. The molecule has 0 spiro atoms. The van der Waals surface area contributed by atoms with Gasteiger partial charge in [0.25, 0.3) is 0 Å². The standard InChI is InChI=1S/C47H93NO3/c1-3-5-7-9-11-13-15-17-19-20-21-22-23-24-25-26-27-28-29-31-33-35-37-39-41-43-47(51)48-45(44-49)46(50)42-40-38-36-34-32-30-18-16-14-12-10-8-6-4-2/h24-25,45-46,49-50H,3-23,26-44H2,1-2H3,(H,48,51)/b25-24-. The molecule has 0 bridgehead atoms. The number of aliphatic hydroxyl groups is 2. The third-order valence-corrected chi connectivity index (χ3v) is 11.0. The lowest BCUT2D eigenvalue weighted by molar-refractivity contribution is -0.123. The average molecular weight is 720 g/mol. The summed E-state index contributed by atoms with van der Waals surface area (Å²) in [4.78, 5) is 12.4. The third-order valence-electron chi connectivity index (χ3n) is 11.0. The summed E-state index contributed by atoms with van der Waals surface area (Å²) in [6.45, 7) is 4.38. The largest absolute Gasteiger partial charge is 0.394 e. The van der Waals surface area contributed by atoms with Gasteiger partial charge in [0.1, 0.15) is 0 Å². The van der Waals surface area contributed by atoms with E-state index in [-0.39, 0.29) is 12.5 Å². The Morgan fingerprint density at radius 1 is 0.451 bits per heavy atom. The van der Waals surface area contributed by atoms with Gasteiger partial charge < -0.3 is 15.5 Å². The molecule has 0 aromatic heterocycles. The average Bonchev–Trinajstić information content (AvgIpc) is 3.13. The second-order valence-corrected chi connectivity index (χ2v) is 16.2. The van der Waals surface area contributed by atoms with Crippen molar-refractivity contribution in [3.05, 3.63) is 12.2 Å². The number of aliphatic hydroxyl groups excluding tert-OH is 2. The van der Waals surface area contributed by atoms with E-state index >= 15 is 0 Å². The minimum atomic E-state index is -0.656. The number of amides is 1. The Hall–Kier alpha value is -0.870. The summed E-state index contributed by atoms with van der Waals surface area (Å²) < 4.78 is 0. The molecule has 0 aliphatic heterocycles. The predicted molar refractivity (Wildman–Crippen MR) is 226 cm³/mol. The maximum absolute atomic E-state index is 12.4. The van der Waals surface area contributed by atoms with Crippen molar-refractivity contribution in [2.24, 2.45) is 0 Å². The van der Waals surface area contributed by atoms with Gasteiger partial charge >= 0.3 is 0 Å². The lowest BCUT2D eigenvalue weighted by Crippen LogP contribution is -2.45. The second kappa shape index (κ2) is 43.5. The van der Waals surface area contributed by atoms with Crippen molar-refractivity contribution < 1.29 is 15.0 Å². The molecular weight excluding hydrogens is 627 g/mol. The van der Waals surface area contributed by atoms with Crippen LogP contribution in [0, 0.1) is 0 Å². The molecule has 0 saturated carbocycles. The van der Waals surface area contributed by atoms with E-state index in [1.54, 1.807) is 0 Å². The molecule has 0 radical (unpaired) electrons. The van der Waals surface area contributed by atoms with Crippen molar-refractivity contribution in [2.45, 2.75) is 276 Å². The Morgan fingerprint density at radius 3 is 1.08 bits per heavy atom. The topological polar surface area (TPSA) is 69.6 Å². The van der Waals surface area contributed by atoms with Gasteiger partial charge in [-0.05, 0) is 38.5 Å². The lowest BCUT2D eigenvalue weighted by Gasteiger charge is -2.22. The fourth-order valence-corrected chi connectivity index (χ4v) is 7.42. The van der Waals surface area contributed by atoms with Crippen LogP contribution in [0.15, 0.2) is 12.2 Å². The van der Waals surface area contributed by atoms with Crippen molar-refractivity contribution in [2.75, 3.05) is 6.61 Å². The van der Waals surface area contributed by atoms with Gasteiger partial charge in [-0.15, -0.1) is 0 Å². The molecule has 0 saturated heterocycles. The number of carbonyl (C=O) groups is 1. The number of unbranched alkanes of at least 4 members (excludes halogenated alkanes) is 34. The zero-order valence-corrected chi connectivity index (χ0v) is 34.9. The zero-order valence-electron chi connectivity index (χ0n) is 34.9. The summed E-state index contributed by atoms with van der Waals surface area (Å²) in [5, 5.41) is 23.2. The highest BCUT2D eigenvalue weighted by Crippen LogP contribution is 2.16. The van der Waals surface area contributed by atoms with E-state index in [0.29, 0.717) is 12.8 Å². The van der Waals surface area contributed by atoms with Crippen molar-refractivity contribution in [1.29, 1.82) is 0 Å². The van der Waals surface area contributed by atoms with Crippen LogP contribution in [0.25, 0.3) is 0 Å². The van der Waals surface area contributed by atoms with Gasteiger partial charge in [-0.25, -0.2) is 0 Å². The maximum Gasteiger partial charge on any atom is 0.220 e. The Morgan fingerprint density at radius 2 is 0.745 bits per heavy atom. The second-order valence-electron chi connectivity index (χ2n) is 16.2. The van der Waals surface area contributed by atoms with Gasteiger partial charge in [-0.1, -0.05) is 231 Å². The number of hydrogen-bond donors (Lipinski definition) is 3. The predicted octanol–water partition coefficient (Wildman–Crippen LogP) is 14.6. The van der Waals surface area contributed by atoms with E-state index < -0.39 is 12.1 Å². The first-order valence-corrected chi connectivity index (χ1v) is 23.4. The minimum absolute atomic E-state index is 0.0304. The highest BCUT2D eigenvalue weighted by atomic mass is 16.3. The van der Waals surface area contributed by atoms with Gasteiger partial charge in [0, 0.05) is 6.42 Å². The van der Waals surface area contributed by atoms with Gasteiger partial charge in [0.05, 0.1) is 18.8 Å². The van der Waals surface area contributed by atoms with E-state index in [0.717, 1.165) is 25.7 Å². The summed E-state index contributed by atoms with van der Waals surface area (Å²) in [6.07, 6.45) is 54.4. The summed E-state index contributed by atoms with van der Waals surface area (Å²) in [5.41, 5.74) is 0. The van der Waals surface area contributed by atoms with Gasteiger partial charge in [0.2, 0.25) is 5.91 Å². The van der Waals surface area contributed by atoms with Crippen LogP contribution in [0.3, 0.4) is 0 Å². The van der Waals surface area contributed by atoms with Crippen LogP contribution in [0.1, 0.15) is 264 Å². The monoisotopic (exact) mass is 720 g/mol. The molecule has 0 aromatic carbocycles. The van der Waals surface area contributed by atoms with E-state index in [4.69, 9.17) is 0 Å². The first kappa shape index (κ1) is 50.1. The fourth-order valence-electron chi connectivity index (χ4n) is 7.42. The van der Waals surface area contributed by atoms with Crippen molar-refractivity contribution in [1.82, 2.24) is 5.32 Å². The van der Waals surface area contributed by atoms with E-state index in [1.807, 2.05) is 0 Å². The van der Waals surface area contributed by atoms with Gasteiger partial charge in [-0.3, -0.25) is 4.79 Å². The van der Waals surface area contributed by atoms with E-state index in [2.05, 4.69) is 31.3 Å². The molecule has 2 unspecified atom stereocenters. The van der Waals surface area contributed by atoms with Crippen molar-refractivity contribution >= 4 is 5.91 Å². The van der Waals surface area contributed by atoms with Crippen LogP contribution < -0.4 is 5.32 Å². The Labute approximate surface area is 320 Å². The molecule has 304 valence electrons. The lowest BCUT2D eigenvalue weighted by atomic mass is 10.0. The van der Waals surface area contributed by atoms with Crippen LogP contribution in [-0.2, 0) is 4.79 Å². The SMILES string of the molecule is CCCCCCCCCCCCCC/C=C\CCCCCCCCCCCC(=O)NC(CO)C(O)CCCCCCCCCCCCCCCC. The first-order chi connectivity index (χ1) is 25.2. The Bertz CT molecular complexity index is 695. The number of carbonyl (C=O) groups excluding carboxylic acids is 1. The van der Waals surface area contributed by atoms with Crippen molar-refractivity contribution in [3.63, 3.8) is 0 Å². The highest BCUT2D eigenvalue weighted by molar-refractivity contribution is 5.76. The van der Waals surface area contributed by atoms with Crippen molar-refractivity contribution in [3.8, 4) is 0 Å².